The molecule has 8 heteroatoms. The fourth-order valence-corrected chi connectivity index (χ4v) is 4.64. The van der Waals surface area contributed by atoms with Crippen LogP contribution in [0.1, 0.15) is 56.1 Å². The molecular weight excluding hydrogens is 433 g/mol. The van der Waals surface area contributed by atoms with E-state index in [4.69, 9.17) is 4.74 Å². The highest BCUT2D eigenvalue weighted by molar-refractivity contribution is 7.99. The highest BCUT2D eigenvalue weighted by Crippen LogP contribution is 2.39. The second-order valence-corrected chi connectivity index (χ2v) is 9.46. The molecule has 31 heavy (non-hydrogen) atoms. The third-order valence-corrected chi connectivity index (χ3v) is 6.72. The Morgan fingerprint density at radius 1 is 0.968 bits per heavy atom. The van der Waals surface area contributed by atoms with E-state index in [-0.39, 0.29) is 6.42 Å². The first-order valence-corrected chi connectivity index (χ1v) is 12.3. The number of halogens is 5. The van der Waals surface area contributed by atoms with Crippen molar-refractivity contribution in [3.05, 3.63) is 29.3 Å². The van der Waals surface area contributed by atoms with E-state index in [1.165, 1.54) is 22.9 Å². The van der Waals surface area contributed by atoms with Crippen LogP contribution < -0.4 is 4.74 Å². The molecule has 0 saturated carbocycles. The van der Waals surface area contributed by atoms with Gasteiger partial charge in [-0.25, -0.2) is 0 Å². The largest absolute Gasteiger partial charge is 0.493 e. The summed E-state index contributed by atoms with van der Waals surface area (Å²) in [5, 5.41) is 0. The van der Waals surface area contributed by atoms with Crippen molar-refractivity contribution in [2.75, 3.05) is 38.2 Å². The van der Waals surface area contributed by atoms with Crippen molar-refractivity contribution in [2.45, 2.75) is 69.9 Å². The molecule has 1 aromatic carbocycles. The molecule has 0 atom stereocenters. The van der Waals surface area contributed by atoms with Crippen LogP contribution in [0.4, 0.5) is 22.0 Å². The highest BCUT2D eigenvalue weighted by Gasteiger charge is 2.56. The minimum Gasteiger partial charge on any atom is -0.493 e. The quantitative estimate of drug-likeness (QED) is 0.222. The number of unbranched alkanes of at least 4 members (excludes halogenated alkanes) is 2. The zero-order valence-corrected chi connectivity index (χ0v) is 19.1. The highest BCUT2D eigenvalue weighted by atomic mass is 32.2. The monoisotopic (exact) mass is 467 g/mol. The Bertz CT molecular complexity index is 653. The molecular formula is C23H34F5NOS. The first-order valence-electron chi connectivity index (χ1n) is 11.1. The van der Waals surface area contributed by atoms with Crippen molar-refractivity contribution in [1.82, 2.24) is 4.90 Å². The van der Waals surface area contributed by atoms with Gasteiger partial charge in [-0.15, -0.1) is 0 Å². The smallest absolute Gasteiger partial charge is 0.453 e. The molecule has 0 N–H and O–H groups in total. The summed E-state index contributed by atoms with van der Waals surface area (Å²) in [5.74, 6) is -2.40. The van der Waals surface area contributed by atoms with Gasteiger partial charge in [0.2, 0.25) is 0 Å². The van der Waals surface area contributed by atoms with Crippen molar-refractivity contribution in [2.24, 2.45) is 0 Å². The zero-order valence-electron chi connectivity index (χ0n) is 18.3. The average Bonchev–Trinajstić information content (AvgIpc) is 2.72. The normalized spacial score (nSPS) is 14.5. The Kier molecular flexibility index (Phi) is 10.9. The van der Waals surface area contributed by atoms with E-state index < -0.39 is 18.5 Å². The topological polar surface area (TPSA) is 12.5 Å². The molecule has 0 spiro atoms. The Balaban J connectivity index is 1.47. The lowest BCUT2D eigenvalue weighted by Gasteiger charge is -2.20. The van der Waals surface area contributed by atoms with Crippen LogP contribution in [0.15, 0.2) is 18.2 Å². The van der Waals surface area contributed by atoms with E-state index >= 15 is 0 Å². The summed E-state index contributed by atoms with van der Waals surface area (Å²) in [6.07, 6.45) is 0.958. The third-order valence-electron chi connectivity index (χ3n) is 5.57. The lowest BCUT2D eigenvalue weighted by molar-refractivity contribution is -0.284. The molecule has 1 heterocycles. The van der Waals surface area contributed by atoms with Gasteiger partial charge in [0.15, 0.2) is 0 Å². The minimum absolute atomic E-state index is 0.121. The number of thioether (sulfide) groups is 1. The van der Waals surface area contributed by atoms with Crippen molar-refractivity contribution in [3.8, 4) is 5.75 Å². The lowest BCUT2D eigenvalue weighted by atomic mass is 9.96. The predicted octanol–water partition coefficient (Wildman–Crippen LogP) is 6.76. The van der Waals surface area contributed by atoms with Crippen LogP contribution in [-0.4, -0.2) is 55.2 Å². The van der Waals surface area contributed by atoms with Gasteiger partial charge < -0.3 is 9.64 Å². The first-order chi connectivity index (χ1) is 14.7. The molecule has 2 rings (SSSR count). The van der Waals surface area contributed by atoms with Gasteiger partial charge in [-0.3, -0.25) is 0 Å². The van der Waals surface area contributed by atoms with Crippen LogP contribution in [0.5, 0.6) is 5.75 Å². The van der Waals surface area contributed by atoms with Crippen LogP contribution in [0.25, 0.3) is 0 Å². The number of aryl methyl sites for hydroxylation is 1. The maximum atomic E-state index is 12.8. The van der Waals surface area contributed by atoms with Gasteiger partial charge in [0.05, 0.1) is 6.61 Å². The molecule has 0 bridgehead atoms. The molecule has 0 saturated heterocycles. The minimum atomic E-state index is -5.44. The van der Waals surface area contributed by atoms with Gasteiger partial charge in [0, 0.05) is 6.42 Å². The van der Waals surface area contributed by atoms with E-state index in [9.17, 15) is 22.0 Å². The van der Waals surface area contributed by atoms with Crippen molar-refractivity contribution < 1.29 is 26.7 Å². The third kappa shape index (κ3) is 9.16. The Morgan fingerprint density at radius 2 is 1.71 bits per heavy atom. The molecule has 178 valence electrons. The molecule has 1 aromatic rings. The lowest BCUT2D eigenvalue weighted by Crippen LogP contribution is -2.36. The average molecular weight is 468 g/mol. The molecule has 0 amide bonds. The van der Waals surface area contributed by atoms with Gasteiger partial charge >= 0.3 is 12.1 Å². The fraction of sp³-hybridized carbons (Fsp3) is 0.739. The van der Waals surface area contributed by atoms with Gasteiger partial charge in [-0.2, -0.15) is 33.7 Å². The molecule has 1 aliphatic rings. The number of alkyl halides is 5. The van der Waals surface area contributed by atoms with Gasteiger partial charge in [0.25, 0.3) is 0 Å². The maximum absolute atomic E-state index is 12.8. The standard InChI is InChI=1S/C23H34F5NOS/c1-29(15-8-18-31-17-7-13-22(24,25)23(26,27)28)14-4-2-3-9-19-10-5-12-21-20(19)11-6-16-30-21/h5,10,12H,2-4,6-9,11,13-18H2,1H3. The molecule has 2 nitrogen and oxygen atoms in total. The summed E-state index contributed by atoms with van der Waals surface area (Å²) in [5.41, 5.74) is 2.79. The zero-order chi connectivity index (χ0) is 22.7. The number of benzene rings is 1. The van der Waals surface area contributed by atoms with Crippen LogP contribution in [0.2, 0.25) is 0 Å². The number of rotatable bonds is 14. The van der Waals surface area contributed by atoms with Crippen molar-refractivity contribution in [3.63, 3.8) is 0 Å². The van der Waals surface area contributed by atoms with Crippen LogP contribution in [-0.2, 0) is 12.8 Å². The van der Waals surface area contributed by atoms with Gasteiger partial charge in [0.1, 0.15) is 5.75 Å². The van der Waals surface area contributed by atoms with Gasteiger partial charge in [-0.1, -0.05) is 18.6 Å². The molecule has 1 aliphatic heterocycles. The second-order valence-electron chi connectivity index (χ2n) is 8.23. The molecule has 0 unspecified atom stereocenters. The Hall–Kier alpha value is -1.02. The maximum Gasteiger partial charge on any atom is 0.453 e. The van der Waals surface area contributed by atoms with Crippen LogP contribution in [0, 0.1) is 0 Å². The number of nitrogens with zero attached hydrogens (tertiary/aromatic N) is 1. The number of ether oxygens (including phenoxy) is 1. The summed E-state index contributed by atoms with van der Waals surface area (Å²) in [4.78, 5) is 2.26. The van der Waals surface area contributed by atoms with Crippen molar-refractivity contribution >= 4 is 11.8 Å². The molecule has 0 fully saturated rings. The predicted molar refractivity (Wildman–Crippen MR) is 117 cm³/mol. The van der Waals surface area contributed by atoms with Gasteiger partial charge in [-0.05, 0) is 93.8 Å². The summed E-state index contributed by atoms with van der Waals surface area (Å²) >= 11 is 1.45. The Morgan fingerprint density at radius 3 is 2.48 bits per heavy atom. The first kappa shape index (κ1) is 26.2. The SMILES string of the molecule is CN(CCCCCc1cccc2c1CCCO2)CCCSCCCC(F)(F)C(F)(F)F. The number of fused-ring (bicyclic) bond motifs is 1. The van der Waals surface area contributed by atoms with E-state index in [1.807, 2.05) is 0 Å². The molecule has 0 radical (unpaired) electrons. The molecule has 0 aromatic heterocycles. The van der Waals surface area contributed by atoms with Crippen LogP contribution >= 0.6 is 11.8 Å². The summed E-state index contributed by atoms with van der Waals surface area (Å²) < 4.78 is 67.6. The number of hydrogen-bond acceptors (Lipinski definition) is 3. The second kappa shape index (κ2) is 12.9. The summed E-state index contributed by atoms with van der Waals surface area (Å²) in [6, 6.07) is 6.34. The Labute approximate surface area is 186 Å². The van der Waals surface area contributed by atoms with E-state index in [0.717, 1.165) is 76.1 Å². The summed E-state index contributed by atoms with van der Waals surface area (Å²) in [7, 11) is 2.07. The van der Waals surface area contributed by atoms with Crippen LogP contribution in [0.3, 0.4) is 0 Å². The van der Waals surface area contributed by atoms with E-state index in [1.54, 1.807) is 0 Å². The fourth-order valence-electron chi connectivity index (χ4n) is 3.76. The summed E-state index contributed by atoms with van der Waals surface area (Å²) in [6.45, 7) is 2.74. The van der Waals surface area contributed by atoms with Crippen molar-refractivity contribution in [1.29, 1.82) is 0 Å². The van der Waals surface area contributed by atoms with E-state index in [2.05, 4.69) is 30.1 Å². The molecule has 0 aliphatic carbocycles. The number of hydrogen-bond donors (Lipinski definition) is 0. The van der Waals surface area contributed by atoms with E-state index in [0.29, 0.717) is 5.75 Å².